The predicted molar refractivity (Wildman–Crippen MR) is 39.3 cm³/mol. The highest BCUT2D eigenvalue weighted by molar-refractivity contribution is 4.97. The standard InChI is InChI=1S/C7H16N2/c1-3-7(2)6(8)4-5-9-7/h6,9H,3-5,8H2,1-2H3. The Bertz CT molecular complexity index is 103. The Morgan fingerprint density at radius 1 is 1.78 bits per heavy atom. The van der Waals surface area contributed by atoms with Crippen LogP contribution in [0.5, 0.6) is 0 Å². The average Bonchev–Trinajstić information content (AvgIpc) is 2.15. The average molecular weight is 128 g/mol. The largest absolute Gasteiger partial charge is 0.326 e. The summed E-state index contributed by atoms with van der Waals surface area (Å²) in [5, 5.41) is 3.41. The van der Waals surface area contributed by atoms with Crippen molar-refractivity contribution in [3.8, 4) is 0 Å². The first-order valence-corrected chi connectivity index (χ1v) is 3.69. The van der Waals surface area contributed by atoms with Crippen molar-refractivity contribution in [1.82, 2.24) is 5.32 Å². The maximum atomic E-state index is 5.86. The van der Waals surface area contributed by atoms with E-state index in [2.05, 4.69) is 19.2 Å². The normalized spacial score (nSPS) is 43.7. The van der Waals surface area contributed by atoms with Gasteiger partial charge in [-0.05, 0) is 26.3 Å². The highest BCUT2D eigenvalue weighted by Crippen LogP contribution is 2.20. The SMILES string of the molecule is CCC1(C)NCCC1N. The maximum Gasteiger partial charge on any atom is 0.0302 e. The lowest BCUT2D eigenvalue weighted by Gasteiger charge is -2.27. The fraction of sp³-hybridized carbons (Fsp3) is 1.00. The molecule has 1 rings (SSSR count). The van der Waals surface area contributed by atoms with Crippen LogP contribution in [-0.4, -0.2) is 18.1 Å². The zero-order valence-corrected chi connectivity index (χ0v) is 6.28. The van der Waals surface area contributed by atoms with Gasteiger partial charge in [0.1, 0.15) is 0 Å². The van der Waals surface area contributed by atoms with Gasteiger partial charge in [-0.3, -0.25) is 0 Å². The first-order chi connectivity index (χ1) is 4.19. The van der Waals surface area contributed by atoms with Crippen LogP contribution in [0.15, 0.2) is 0 Å². The summed E-state index contributed by atoms with van der Waals surface area (Å²) in [6.45, 7) is 5.47. The van der Waals surface area contributed by atoms with Gasteiger partial charge in [0.05, 0.1) is 0 Å². The van der Waals surface area contributed by atoms with Gasteiger partial charge in [-0.2, -0.15) is 0 Å². The van der Waals surface area contributed by atoms with E-state index in [1.165, 1.54) is 0 Å². The Labute approximate surface area is 56.8 Å². The van der Waals surface area contributed by atoms with E-state index in [4.69, 9.17) is 5.73 Å². The van der Waals surface area contributed by atoms with Gasteiger partial charge in [-0.25, -0.2) is 0 Å². The van der Waals surface area contributed by atoms with Crippen LogP contribution < -0.4 is 11.1 Å². The third kappa shape index (κ3) is 1.10. The number of hydrogen-bond acceptors (Lipinski definition) is 2. The highest BCUT2D eigenvalue weighted by atomic mass is 15.0. The van der Waals surface area contributed by atoms with E-state index in [-0.39, 0.29) is 5.54 Å². The van der Waals surface area contributed by atoms with Crippen molar-refractivity contribution in [2.75, 3.05) is 6.54 Å². The quantitative estimate of drug-likeness (QED) is 0.539. The summed E-state index contributed by atoms with van der Waals surface area (Å²) in [5.41, 5.74) is 6.08. The number of nitrogens with one attached hydrogen (secondary N) is 1. The number of nitrogens with two attached hydrogens (primary N) is 1. The molecule has 0 saturated carbocycles. The monoisotopic (exact) mass is 128 g/mol. The minimum absolute atomic E-state index is 0.222. The summed E-state index contributed by atoms with van der Waals surface area (Å²) in [4.78, 5) is 0. The molecule has 0 bridgehead atoms. The summed E-state index contributed by atoms with van der Waals surface area (Å²) in [6, 6.07) is 0.363. The van der Waals surface area contributed by atoms with Gasteiger partial charge in [0.25, 0.3) is 0 Å². The molecule has 1 heterocycles. The van der Waals surface area contributed by atoms with Crippen LogP contribution in [-0.2, 0) is 0 Å². The van der Waals surface area contributed by atoms with E-state index in [9.17, 15) is 0 Å². The molecule has 54 valence electrons. The lowest BCUT2D eigenvalue weighted by molar-refractivity contribution is 0.359. The van der Waals surface area contributed by atoms with E-state index in [1.807, 2.05) is 0 Å². The van der Waals surface area contributed by atoms with E-state index in [0.29, 0.717) is 6.04 Å². The van der Waals surface area contributed by atoms with Gasteiger partial charge in [0, 0.05) is 11.6 Å². The fourth-order valence-corrected chi connectivity index (χ4v) is 1.35. The molecule has 2 atom stereocenters. The van der Waals surface area contributed by atoms with Crippen LogP contribution in [0, 0.1) is 0 Å². The Kier molecular flexibility index (Phi) is 1.78. The molecule has 3 N–H and O–H groups in total. The zero-order valence-electron chi connectivity index (χ0n) is 6.28. The van der Waals surface area contributed by atoms with Crippen molar-refractivity contribution in [1.29, 1.82) is 0 Å². The van der Waals surface area contributed by atoms with Gasteiger partial charge < -0.3 is 11.1 Å². The predicted octanol–water partition coefficient (Wildman–Crippen LogP) is 0.476. The molecule has 9 heavy (non-hydrogen) atoms. The fourth-order valence-electron chi connectivity index (χ4n) is 1.35. The van der Waals surface area contributed by atoms with E-state index in [1.54, 1.807) is 0 Å². The topological polar surface area (TPSA) is 38.0 Å². The highest BCUT2D eigenvalue weighted by Gasteiger charge is 2.33. The summed E-state index contributed by atoms with van der Waals surface area (Å²) in [5.74, 6) is 0. The molecule has 1 saturated heterocycles. The minimum atomic E-state index is 0.222. The van der Waals surface area contributed by atoms with Crippen LogP contribution in [0.4, 0.5) is 0 Å². The number of rotatable bonds is 1. The van der Waals surface area contributed by atoms with Crippen molar-refractivity contribution in [3.05, 3.63) is 0 Å². The molecular weight excluding hydrogens is 112 g/mol. The smallest absolute Gasteiger partial charge is 0.0302 e. The second-order valence-corrected chi connectivity index (χ2v) is 3.09. The van der Waals surface area contributed by atoms with Crippen molar-refractivity contribution >= 4 is 0 Å². The van der Waals surface area contributed by atoms with E-state index in [0.717, 1.165) is 19.4 Å². The van der Waals surface area contributed by atoms with Gasteiger partial charge in [-0.1, -0.05) is 6.92 Å². The van der Waals surface area contributed by atoms with Crippen LogP contribution in [0.1, 0.15) is 26.7 Å². The molecule has 1 aliphatic heterocycles. The summed E-state index contributed by atoms with van der Waals surface area (Å²) < 4.78 is 0. The lowest BCUT2D eigenvalue weighted by Crippen LogP contribution is -2.48. The number of hydrogen-bond donors (Lipinski definition) is 2. The van der Waals surface area contributed by atoms with Crippen molar-refractivity contribution in [3.63, 3.8) is 0 Å². The Morgan fingerprint density at radius 2 is 2.44 bits per heavy atom. The van der Waals surface area contributed by atoms with Gasteiger partial charge in [-0.15, -0.1) is 0 Å². The first-order valence-electron chi connectivity index (χ1n) is 3.69. The summed E-state index contributed by atoms with van der Waals surface area (Å²) >= 11 is 0. The second kappa shape index (κ2) is 2.27. The Balaban J connectivity index is 2.56. The molecule has 2 unspecified atom stereocenters. The van der Waals surface area contributed by atoms with E-state index >= 15 is 0 Å². The molecule has 2 heteroatoms. The van der Waals surface area contributed by atoms with Crippen molar-refractivity contribution in [2.45, 2.75) is 38.3 Å². The molecule has 2 nitrogen and oxygen atoms in total. The van der Waals surface area contributed by atoms with Crippen LogP contribution in [0.2, 0.25) is 0 Å². The second-order valence-electron chi connectivity index (χ2n) is 3.09. The molecule has 1 fully saturated rings. The molecule has 0 radical (unpaired) electrons. The maximum absolute atomic E-state index is 5.86. The van der Waals surface area contributed by atoms with Crippen LogP contribution in [0.3, 0.4) is 0 Å². The third-order valence-electron chi connectivity index (χ3n) is 2.54. The Hall–Kier alpha value is -0.0800. The molecule has 0 aliphatic carbocycles. The summed E-state index contributed by atoms with van der Waals surface area (Å²) in [6.07, 6.45) is 2.26. The van der Waals surface area contributed by atoms with Gasteiger partial charge >= 0.3 is 0 Å². The third-order valence-corrected chi connectivity index (χ3v) is 2.54. The molecular formula is C7H16N2. The van der Waals surface area contributed by atoms with Crippen LogP contribution >= 0.6 is 0 Å². The van der Waals surface area contributed by atoms with E-state index < -0.39 is 0 Å². The first kappa shape index (κ1) is 7.03. The van der Waals surface area contributed by atoms with Crippen LogP contribution in [0.25, 0.3) is 0 Å². The molecule has 1 aliphatic rings. The Morgan fingerprint density at radius 3 is 2.67 bits per heavy atom. The molecule has 0 aromatic rings. The minimum Gasteiger partial charge on any atom is -0.326 e. The molecule has 0 amide bonds. The zero-order chi connectivity index (χ0) is 6.91. The molecule has 0 aromatic carbocycles. The van der Waals surface area contributed by atoms with Crippen molar-refractivity contribution in [2.24, 2.45) is 5.73 Å². The van der Waals surface area contributed by atoms with Gasteiger partial charge in [0.15, 0.2) is 0 Å². The van der Waals surface area contributed by atoms with Gasteiger partial charge in [0.2, 0.25) is 0 Å². The van der Waals surface area contributed by atoms with Crippen molar-refractivity contribution < 1.29 is 0 Å². The molecule has 0 spiro atoms. The lowest BCUT2D eigenvalue weighted by atomic mass is 9.92. The summed E-state index contributed by atoms with van der Waals surface area (Å²) in [7, 11) is 0. The molecule has 0 aromatic heterocycles.